The maximum absolute atomic E-state index is 16.6. The summed E-state index contributed by atoms with van der Waals surface area (Å²) in [5.74, 6) is -0.250. The fourth-order valence-corrected chi connectivity index (χ4v) is 4.44. The summed E-state index contributed by atoms with van der Waals surface area (Å²) < 4.78 is 28.0. The number of carbonyl (C=O) groups is 1. The molecule has 152 valence electrons. The summed E-state index contributed by atoms with van der Waals surface area (Å²) >= 11 is 0. The highest BCUT2D eigenvalue weighted by Gasteiger charge is 2.71. The van der Waals surface area contributed by atoms with Gasteiger partial charge in [0.15, 0.2) is 5.96 Å². The van der Waals surface area contributed by atoms with Gasteiger partial charge in [0.1, 0.15) is 17.9 Å². The molecule has 0 radical (unpaired) electrons. The Labute approximate surface area is 171 Å². The standard InChI is InChI=1S/C21H18FN5O3/c1-27-18(28)21(26-19(27)24)15-7-13(14-6-12(8-23)9-25-10-14)2-3-16(15)30-17-4-5-29-11-20(17,21)22/h2-3,6-7,9-10,17H,4-5,11H2,1H3,(H2,24,26)/t17-,20?,21+/m0/s1. The van der Waals surface area contributed by atoms with Crippen molar-refractivity contribution in [1.82, 2.24) is 9.88 Å². The minimum Gasteiger partial charge on any atom is -0.486 e. The Balaban J connectivity index is 1.76. The van der Waals surface area contributed by atoms with Crippen molar-refractivity contribution >= 4 is 11.9 Å². The molecule has 3 atom stereocenters. The molecule has 1 aromatic carbocycles. The summed E-state index contributed by atoms with van der Waals surface area (Å²) in [4.78, 5) is 23.0. The van der Waals surface area contributed by atoms with Gasteiger partial charge in [-0.3, -0.25) is 14.7 Å². The van der Waals surface area contributed by atoms with Crippen LogP contribution in [0.25, 0.3) is 11.1 Å². The number of guanidine groups is 1. The van der Waals surface area contributed by atoms with Gasteiger partial charge in [0.25, 0.3) is 5.91 Å². The molecule has 2 aromatic rings. The third-order valence-corrected chi connectivity index (χ3v) is 6.03. The van der Waals surface area contributed by atoms with Crippen LogP contribution < -0.4 is 10.5 Å². The Morgan fingerprint density at radius 3 is 2.90 bits per heavy atom. The molecule has 3 aliphatic rings. The number of nitrogens with zero attached hydrogens (tertiary/aromatic N) is 4. The van der Waals surface area contributed by atoms with E-state index in [-0.39, 0.29) is 18.1 Å². The van der Waals surface area contributed by atoms with E-state index in [2.05, 4.69) is 9.98 Å². The normalized spacial score (nSPS) is 29.6. The second-order valence-electron chi connectivity index (χ2n) is 7.64. The van der Waals surface area contributed by atoms with E-state index >= 15 is 4.39 Å². The first-order valence-electron chi connectivity index (χ1n) is 9.47. The lowest BCUT2D eigenvalue weighted by Gasteiger charge is -2.49. The summed E-state index contributed by atoms with van der Waals surface area (Å²) in [6.45, 7) is -0.00114. The van der Waals surface area contributed by atoms with Gasteiger partial charge in [-0.2, -0.15) is 5.26 Å². The molecule has 1 fully saturated rings. The van der Waals surface area contributed by atoms with Crippen LogP contribution in [0.5, 0.6) is 5.75 Å². The van der Waals surface area contributed by atoms with Crippen LogP contribution in [0.3, 0.4) is 0 Å². The molecule has 1 saturated heterocycles. The first-order chi connectivity index (χ1) is 14.4. The van der Waals surface area contributed by atoms with E-state index in [1.807, 2.05) is 6.07 Å². The van der Waals surface area contributed by atoms with Gasteiger partial charge in [-0.15, -0.1) is 0 Å². The number of nitriles is 1. The van der Waals surface area contributed by atoms with Crippen LogP contribution in [0.2, 0.25) is 0 Å². The molecule has 9 heteroatoms. The highest BCUT2D eigenvalue weighted by atomic mass is 19.1. The van der Waals surface area contributed by atoms with Gasteiger partial charge >= 0.3 is 0 Å². The molecule has 0 aliphatic carbocycles. The molecule has 5 rings (SSSR count). The second-order valence-corrected chi connectivity index (χ2v) is 7.64. The summed E-state index contributed by atoms with van der Waals surface area (Å²) in [6.07, 6.45) is 2.45. The molecular formula is C21H18FN5O3. The molecule has 8 nitrogen and oxygen atoms in total. The quantitative estimate of drug-likeness (QED) is 0.766. The lowest BCUT2D eigenvalue weighted by atomic mass is 9.69. The van der Waals surface area contributed by atoms with Gasteiger partial charge in [0, 0.05) is 37.0 Å². The summed E-state index contributed by atoms with van der Waals surface area (Å²) in [5, 5.41) is 9.17. The number of likely N-dealkylation sites (N-methyl/N-ethyl adjacent to an activating group) is 1. The maximum atomic E-state index is 16.6. The number of alkyl halides is 1. The first-order valence-corrected chi connectivity index (χ1v) is 9.47. The average Bonchev–Trinajstić information content (AvgIpc) is 3.00. The van der Waals surface area contributed by atoms with Crippen molar-refractivity contribution in [2.75, 3.05) is 20.3 Å². The fraction of sp³-hybridized carbons (Fsp3) is 0.333. The summed E-state index contributed by atoms with van der Waals surface area (Å²) in [6, 6.07) is 8.85. The van der Waals surface area contributed by atoms with E-state index in [0.29, 0.717) is 35.5 Å². The molecular weight excluding hydrogens is 389 g/mol. The summed E-state index contributed by atoms with van der Waals surface area (Å²) in [7, 11) is 1.47. The van der Waals surface area contributed by atoms with E-state index in [1.165, 1.54) is 13.2 Å². The van der Waals surface area contributed by atoms with Crippen molar-refractivity contribution < 1.29 is 18.7 Å². The topological polar surface area (TPSA) is 114 Å². The van der Waals surface area contributed by atoms with Crippen molar-refractivity contribution in [1.29, 1.82) is 5.26 Å². The zero-order valence-corrected chi connectivity index (χ0v) is 16.1. The number of hydrogen-bond acceptors (Lipinski definition) is 7. The van der Waals surface area contributed by atoms with Gasteiger partial charge in [-0.05, 0) is 23.8 Å². The molecule has 0 bridgehead atoms. The Morgan fingerprint density at radius 2 is 2.17 bits per heavy atom. The zero-order valence-electron chi connectivity index (χ0n) is 16.1. The number of halogens is 1. The van der Waals surface area contributed by atoms with Crippen LogP contribution >= 0.6 is 0 Å². The lowest BCUT2D eigenvalue weighted by Crippen LogP contribution is -2.67. The van der Waals surface area contributed by atoms with Crippen molar-refractivity contribution in [3.8, 4) is 22.9 Å². The fourth-order valence-electron chi connectivity index (χ4n) is 4.44. The predicted molar refractivity (Wildman–Crippen MR) is 104 cm³/mol. The highest BCUT2D eigenvalue weighted by Crippen LogP contribution is 2.55. The van der Waals surface area contributed by atoms with Crippen LogP contribution in [-0.4, -0.2) is 53.8 Å². The van der Waals surface area contributed by atoms with Gasteiger partial charge in [-0.25, -0.2) is 9.38 Å². The van der Waals surface area contributed by atoms with E-state index in [0.717, 1.165) is 4.90 Å². The number of carbonyl (C=O) groups excluding carboxylic acids is 1. The van der Waals surface area contributed by atoms with Gasteiger partial charge < -0.3 is 15.2 Å². The lowest BCUT2D eigenvalue weighted by molar-refractivity contribution is -0.170. The van der Waals surface area contributed by atoms with E-state index in [9.17, 15) is 4.79 Å². The van der Waals surface area contributed by atoms with Gasteiger partial charge in [0.2, 0.25) is 11.2 Å². The Kier molecular flexibility index (Phi) is 3.85. The molecule has 2 N–H and O–H groups in total. The van der Waals surface area contributed by atoms with Crippen LogP contribution in [0.1, 0.15) is 17.5 Å². The van der Waals surface area contributed by atoms with Crippen molar-refractivity contribution in [3.63, 3.8) is 0 Å². The van der Waals surface area contributed by atoms with Crippen molar-refractivity contribution in [2.45, 2.75) is 23.7 Å². The number of benzene rings is 1. The molecule has 1 amide bonds. The molecule has 30 heavy (non-hydrogen) atoms. The number of aliphatic imine (C=N–C) groups is 1. The predicted octanol–water partition coefficient (Wildman–Crippen LogP) is 1.49. The van der Waals surface area contributed by atoms with Crippen molar-refractivity contribution in [2.24, 2.45) is 10.7 Å². The molecule has 3 aliphatic heterocycles. The van der Waals surface area contributed by atoms with Crippen LogP contribution in [0.4, 0.5) is 4.39 Å². The van der Waals surface area contributed by atoms with Crippen LogP contribution in [0, 0.1) is 11.3 Å². The molecule has 1 unspecified atom stereocenters. The molecule has 4 heterocycles. The average molecular weight is 407 g/mol. The number of fused-ring (bicyclic) bond motifs is 4. The molecule has 1 spiro atoms. The van der Waals surface area contributed by atoms with E-state index < -0.39 is 23.2 Å². The third kappa shape index (κ3) is 2.25. The maximum Gasteiger partial charge on any atom is 0.265 e. The molecule has 0 saturated carbocycles. The Hall–Kier alpha value is -3.51. The SMILES string of the molecule is CN1C(=O)[C@]2(N=C1N)c1cc(-c3cncc(C#N)c3)ccc1O[C@H]1CCOCC12F. The van der Waals surface area contributed by atoms with Gasteiger partial charge in [-0.1, -0.05) is 6.07 Å². The third-order valence-electron chi connectivity index (χ3n) is 6.03. The number of rotatable bonds is 1. The number of amides is 1. The van der Waals surface area contributed by atoms with Gasteiger partial charge in [0.05, 0.1) is 18.8 Å². The largest absolute Gasteiger partial charge is 0.486 e. The number of hydrogen-bond donors (Lipinski definition) is 1. The molecule has 1 aromatic heterocycles. The monoisotopic (exact) mass is 407 g/mol. The minimum atomic E-state index is -2.21. The number of ether oxygens (including phenoxy) is 2. The number of aromatic nitrogens is 1. The summed E-state index contributed by atoms with van der Waals surface area (Å²) in [5.41, 5.74) is 3.81. The van der Waals surface area contributed by atoms with Crippen molar-refractivity contribution in [3.05, 3.63) is 47.8 Å². The first kappa shape index (κ1) is 18.5. The van der Waals surface area contributed by atoms with E-state index in [4.69, 9.17) is 20.5 Å². The second kappa shape index (κ2) is 6.24. The smallest absolute Gasteiger partial charge is 0.265 e. The number of pyridine rings is 1. The minimum absolute atomic E-state index is 0.0623. The highest BCUT2D eigenvalue weighted by molar-refractivity contribution is 6.08. The Morgan fingerprint density at radius 1 is 1.33 bits per heavy atom. The van der Waals surface area contributed by atoms with E-state index in [1.54, 1.807) is 30.5 Å². The Bertz CT molecular complexity index is 1150. The number of nitrogens with two attached hydrogens (primary N) is 1. The zero-order chi connectivity index (χ0) is 21.1. The van der Waals surface area contributed by atoms with Crippen LogP contribution in [0.15, 0.2) is 41.7 Å². The van der Waals surface area contributed by atoms with Crippen LogP contribution in [-0.2, 0) is 15.1 Å².